The summed E-state index contributed by atoms with van der Waals surface area (Å²) in [6.07, 6.45) is 0. The summed E-state index contributed by atoms with van der Waals surface area (Å²) in [6, 6.07) is 15.1. The van der Waals surface area contributed by atoms with Gasteiger partial charge in [-0.25, -0.2) is 4.98 Å². The van der Waals surface area contributed by atoms with Crippen LogP contribution in [0.4, 0.5) is 11.4 Å². The SMILES string of the molecule is CC(C)n1c(S[C@H](C)C(=O)Nc2ccc(N3CCOCC3)cc2)nc2ccccc2c1=O. The molecule has 1 atom stereocenters. The lowest BCUT2D eigenvalue weighted by atomic mass is 10.2. The first-order valence-electron chi connectivity index (χ1n) is 10.9. The molecule has 0 bridgehead atoms. The van der Waals surface area contributed by atoms with Crippen LogP contribution in [0.2, 0.25) is 0 Å². The first-order valence-corrected chi connectivity index (χ1v) is 11.7. The van der Waals surface area contributed by atoms with Gasteiger partial charge in [0, 0.05) is 30.5 Å². The van der Waals surface area contributed by atoms with Crippen molar-refractivity contribution in [3.8, 4) is 0 Å². The third-order valence-corrected chi connectivity index (χ3v) is 6.52. The molecule has 1 amide bonds. The van der Waals surface area contributed by atoms with E-state index < -0.39 is 5.25 Å². The number of para-hydroxylation sites is 1. The quantitative estimate of drug-likeness (QED) is 0.451. The van der Waals surface area contributed by atoms with Gasteiger partial charge in [-0.15, -0.1) is 0 Å². The molecule has 7 nitrogen and oxygen atoms in total. The highest BCUT2D eigenvalue weighted by Gasteiger charge is 2.21. The van der Waals surface area contributed by atoms with E-state index in [-0.39, 0.29) is 17.5 Å². The fraction of sp³-hybridized carbons (Fsp3) is 0.375. The zero-order valence-corrected chi connectivity index (χ0v) is 19.4. The lowest BCUT2D eigenvalue weighted by Gasteiger charge is -2.29. The number of hydrogen-bond donors (Lipinski definition) is 1. The summed E-state index contributed by atoms with van der Waals surface area (Å²) in [5.74, 6) is -0.133. The highest BCUT2D eigenvalue weighted by molar-refractivity contribution is 8.00. The highest BCUT2D eigenvalue weighted by atomic mass is 32.2. The number of thioether (sulfide) groups is 1. The summed E-state index contributed by atoms with van der Waals surface area (Å²) in [7, 11) is 0. The summed E-state index contributed by atoms with van der Waals surface area (Å²) >= 11 is 1.30. The Bertz CT molecular complexity index is 1150. The second-order valence-electron chi connectivity index (χ2n) is 8.08. The number of aromatic nitrogens is 2. The van der Waals surface area contributed by atoms with E-state index in [0.29, 0.717) is 16.1 Å². The Morgan fingerprint density at radius 2 is 1.75 bits per heavy atom. The van der Waals surface area contributed by atoms with Gasteiger partial charge in [0.1, 0.15) is 0 Å². The Morgan fingerprint density at radius 1 is 1.06 bits per heavy atom. The maximum atomic E-state index is 13.0. The number of nitrogens with one attached hydrogen (secondary N) is 1. The molecule has 0 saturated carbocycles. The predicted octanol–water partition coefficient (Wildman–Crippen LogP) is 3.93. The first-order chi connectivity index (χ1) is 15.4. The number of hydrogen-bond acceptors (Lipinski definition) is 6. The average Bonchev–Trinajstić information content (AvgIpc) is 2.80. The molecule has 1 aromatic heterocycles. The van der Waals surface area contributed by atoms with E-state index in [1.54, 1.807) is 10.6 Å². The molecule has 168 valence electrons. The van der Waals surface area contributed by atoms with Crippen LogP contribution < -0.4 is 15.8 Å². The van der Waals surface area contributed by atoms with E-state index in [1.165, 1.54) is 11.8 Å². The lowest BCUT2D eigenvalue weighted by molar-refractivity contribution is -0.115. The molecular weight excluding hydrogens is 424 g/mol. The van der Waals surface area contributed by atoms with E-state index in [1.807, 2.05) is 63.2 Å². The zero-order valence-electron chi connectivity index (χ0n) is 18.6. The third kappa shape index (κ3) is 4.81. The molecule has 1 aliphatic rings. The van der Waals surface area contributed by atoms with E-state index in [2.05, 4.69) is 15.2 Å². The van der Waals surface area contributed by atoms with Crippen molar-refractivity contribution in [1.29, 1.82) is 0 Å². The number of carbonyl (C=O) groups excluding carboxylic acids is 1. The number of rotatable bonds is 6. The second-order valence-corrected chi connectivity index (χ2v) is 9.38. The van der Waals surface area contributed by atoms with Crippen molar-refractivity contribution in [1.82, 2.24) is 9.55 Å². The van der Waals surface area contributed by atoms with Crippen molar-refractivity contribution in [3.05, 3.63) is 58.9 Å². The number of nitrogens with zero attached hydrogens (tertiary/aromatic N) is 3. The molecule has 1 fully saturated rings. The molecule has 0 aliphatic carbocycles. The second kappa shape index (κ2) is 9.75. The molecular formula is C24H28N4O3S. The molecule has 32 heavy (non-hydrogen) atoms. The van der Waals surface area contributed by atoms with Crippen molar-refractivity contribution in [2.75, 3.05) is 36.5 Å². The minimum Gasteiger partial charge on any atom is -0.378 e. The van der Waals surface area contributed by atoms with E-state index in [9.17, 15) is 9.59 Å². The smallest absolute Gasteiger partial charge is 0.262 e. The van der Waals surface area contributed by atoms with Gasteiger partial charge >= 0.3 is 0 Å². The van der Waals surface area contributed by atoms with Gasteiger partial charge < -0.3 is 15.0 Å². The van der Waals surface area contributed by atoms with Crippen molar-refractivity contribution >= 4 is 39.9 Å². The Kier molecular flexibility index (Phi) is 6.81. The number of anilines is 2. The monoisotopic (exact) mass is 452 g/mol. The fourth-order valence-electron chi connectivity index (χ4n) is 3.70. The molecule has 0 unspecified atom stereocenters. The Hall–Kier alpha value is -2.84. The Morgan fingerprint density at radius 3 is 2.44 bits per heavy atom. The number of benzene rings is 2. The number of fused-ring (bicyclic) bond motifs is 1. The predicted molar refractivity (Wildman–Crippen MR) is 130 cm³/mol. The first kappa shape index (κ1) is 22.4. The molecule has 8 heteroatoms. The van der Waals surface area contributed by atoms with Gasteiger partial charge in [0.05, 0.1) is 29.4 Å². The minimum atomic E-state index is -0.424. The van der Waals surface area contributed by atoms with Crippen molar-refractivity contribution in [2.45, 2.75) is 37.2 Å². The van der Waals surface area contributed by atoms with Gasteiger partial charge in [-0.05, 0) is 57.2 Å². The number of amides is 1. The van der Waals surface area contributed by atoms with Crippen LogP contribution in [-0.2, 0) is 9.53 Å². The molecule has 1 N–H and O–H groups in total. The molecule has 1 aliphatic heterocycles. The van der Waals surface area contributed by atoms with Crippen LogP contribution in [0, 0.1) is 0 Å². The van der Waals surface area contributed by atoms with Crippen molar-refractivity contribution in [2.24, 2.45) is 0 Å². The zero-order chi connectivity index (χ0) is 22.7. The lowest BCUT2D eigenvalue weighted by Crippen LogP contribution is -2.36. The number of ether oxygens (including phenoxy) is 1. The number of morpholine rings is 1. The van der Waals surface area contributed by atoms with Crippen LogP contribution >= 0.6 is 11.8 Å². The summed E-state index contributed by atoms with van der Waals surface area (Å²) in [4.78, 5) is 32.8. The average molecular weight is 453 g/mol. The van der Waals surface area contributed by atoms with E-state index in [4.69, 9.17) is 4.74 Å². The minimum absolute atomic E-state index is 0.0647. The largest absolute Gasteiger partial charge is 0.378 e. The standard InChI is InChI=1S/C24H28N4O3S/c1-16(2)28-23(30)20-6-4-5-7-21(20)26-24(28)32-17(3)22(29)25-18-8-10-19(11-9-18)27-12-14-31-15-13-27/h4-11,16-17H,12-15H2,1-3H3,(H,25,29)/t17-/m1/s1. The molecule has 2 heterocycles. The maximum Gasteiger partial charge on any atom is 0.262 e. The van der Waals surface area contributed by atoms with Crippen LogP contribution in [0.15, 0.2) is 58.5 Å². The van der Waals surface area contributed by atoms with Crippen LogP contribution in [0.1, 0.15) is 26.8 Å². The van der Waals surface area contributed by atoms with Crippen molar-refractivity contribution < 1.29 is 9.53 Å². The highest BCUT2D eigenvalue weighted by Crippen LogP contribution is 2.26. The summed E-state index contributed by atoms with van der Waals surface area (Å²) in [5.41, 5.74) is 2.42. The third-order valence-electron chi connectivity index (χ3n) is 5.45. The van der Waals surface area contributed by atoms with Gasteiger partial charge in [-0.2, -0.15) is 0 Å². The molecule has 2 aromatic carbocycles. The normalized spacial score (nSPS) is 15.2. The van der Waals surface area contributed by atoms with Crippen LogP contribution in [0.25, 0.3) is 10.9 Å². The summed E-state index contributed by atoms with van der Waals surface area (Å²) in [6.45, 7) is 8.93. The molecule has 3 aromatic rings. The Labute approximate surface area is 191 Å². The Balaban J connectivity index is 1.48. The number of carbonyl (C=O) groups is 1. The fourth-order valence-corrected chi connectivity index (χ4v) is 4.74. The maximum absolute atomic E-state index is 13.0. The summed E-state index contributed by atoms with van der Waals surface area (Å²) < 4.78 is 7.06. The molecule has 4 rings (SSSR count). The topological polar surface area (TPSA) is 76.5 Å². The van der Waals surface area contributed by atoms with Crippen LogP contribution in [0.3, 0.4) is 0 Å². The van der Waals surface area contributed by atoms with Crippen molar-refractivity contribution in [3.63, 3.8) is 0 Å². The van der Waals surface area contributed by atoms with Gasteiger partial charge in [-0.1, -0.05) is 23.9 Å². The summed E-state index contributed by atoms with van der Waals surface area (Å²) in [5, 5.41) is 3.69. The van der Waals surface area contributed by atoms with E-state index in [0.717, 1.165) is 37.7 Å². The van der Waals surface area contributed by atoms with Gasteiger partial charge in [0.2, 0.25) is 5.91 Å². The van der Waals surface area contributed by atoms with Gasteiger partial charge in [0.15, 0.2) is 5.16 Å². The molecule has 0 radical (unpaired) electrons. The van der Waals surface area contributed by atoms with Crippen LogP contribution in [0.5, 0.6) is 0 Å². The van der Waals surface area contributed by atoms with Crippen LogP contribution in [-0.4, -0.2) is 47.0 Å². The van der Waals surface area contributed by atoms with Gasteiger partial charge in [-0.3, -0.25) is 14.2 Å². The van der Waals surface area contributed by atoms with Gasteiger partial charge in [0.25, 0.3) is 5.56 Å². The van der Waals surface area contributed by atoms with E-state index >= 15 is 0 Å². The molecule has 0 spiro atoms. The molecule has 1 saturated heterocycles.